The number of halogens is 4. The molecule has 0 aliphatic carbocycles. The van der Waals surface area contributed by atoms with Crippen LogP contribution in [0.5, 0.6) is 5.75 Å². The summed E-state index contributed by atoms with van der Waals surface area (Å²) in [5, 5.41) is 0.314. The summed E-state index contributed by atoms with van der Waals surface area (Å²) in [7, 11) is 1.43. The summed E-state index contributed by atoms with van der Waals surface area (Å²) in [5.74, 6) is -1.78. The SMILES string of the molecule is COc1cnc(Cl)cc1-c1cc(C)nc(-c2nc3cnc(C(F)(F)F)nc3s2)c1C(N)=O. The van der Waals surface area contributed by atoms with E-state index in [2.05, 4.69) is 24.9 Å². The minimum atomic E-state index is -4.71. The summed E-state index contributed by atoms with van der Waals surface area (Å²) < 4.78 is 44.2. The van der Waals surface area contributed by atoms with E-state index in [0.29, 0.717) is 22.6 Å². The van der Waals surface area contributed by atoms with Crippen molar-refractivity contribution in [1.82, 2.24) is 24.9 Å². The van der Waals surface area contributed by atoms with Gasteiger partial charge in [-0.2, -0.15) is 13.2 Å². The molecule has 0 fully saturated rings. The third-order valence-corrected chi connectivity index (χ3v) is 5.52. The lowest BCUT2D eigenvalue weighted by molar-refractivity contribution is -0.144. The van der Waals surface area contributed by atoms with E-state index in [-0.39, 0.29) is 31.8 Å². The van der Waals surface area contributed by atoms with Crippen LogP contribution in [0.3, 0.4) is 0 Å². The Hall–Kier alpha value is -3.38. The van der Waals surface area contributed by atoms with E-state index in [4.69, 9.17) is 22.1 Å². The molecule has 0 aliphatic heterocycles. The van der Waals surface area contributed by atoms with E-state index in [1.165, 1.54) is 19.4 Å². The molecule has 32 heavy (non-hydrogen) atoms. The lowest BCUT2D eigenvalue weighted by atomic mass is 9.97. The van der Waals surface area contributed by atoms with Crippen LogP contribution >= 0.6 is 22.9 Å². The number of carbonyl (C=O) groups excluding carboxylic acids is 1. The van der Waals surface area contributed by atoms with Crippen molar-refractivity contribution in [2.75, 3.05) is 7.11 Å². The molecule has 4 aromatic rings. The number of ether oxygens (including phenoxy) is 1. The van der Waals surface area contributed by atoms with Crippen molar-refractivity contribution >= 4 is 39.2 Å². The van der Waals surface area contributed by atoms with Gasteiger partial charge >= 0.3 is 6.18 Å². The Labute approximate surface area is 187 Å². The van der Waals surface area contributed by atoms with Crippen molar-refractivity contribution in [3.8, 4) is 27.6 Å². The highest BCUT2D eigenvalue weighted by Gasteiger charge is 2.35. The predicted molar refractivity (Wildman–Crippen MR) is 111 cm³/mol. The molecule has 164 valence electrons. The molecule has 0 atom stereocenters. The van der Waals surface area contributed by atoms with Crippen molar-refractivity contribution < 1.29 is 22.7 Å². The second-order valence-electron chi connectivity index (χ2n) is 6.51. The zero-order valence-corrected chi connectivity index (χ0v) is 17.9. The van der Waals surface area contributed by atoms with Crippen molar-refractivity contribution in [2.45, 2.75) is 13.1 Å². The van der Waals surface area contributed by atoms with Gasteiger partial charge in [-0.1, -0.05) is 22.9 Å². The molecule has 0 saturated heterocycles. The van der Waals surface area contributed by atoms with Crippen LogP contribution < -0.4 is 10.5 Å². The van der Waals surface area contributed by atoms with E-state index in [1.807, 2.05) is 0 Å². The second kappa shape index (κ2) is 7.95. The maximum absolute atomic E-state index is 13.0. The van der Waals surface area contributed by atoms with Gasteiger partial charge in [0.15, 0.2) is 0 Å². The molecule has 0 aliphatic rings. The number of rotatable bonds is 4. The van der Waals surface area contributed by atoms with Gasteiger partial charge in [0.25, 0.3) is 5.91 Å². The molecule has 8 nitrogen and oxygen atoms in total. The highest BCUT2D eigenvalue weighted by Crippen LogP contribution is 2.39. The van der Waals surface area contributed by atoms with Crippen LogP contribution in [0.25, 0.3) is 32.2 Å². The minimum Gasteiger partial charge on any atom is -0.494 e. The number of aryl methyl sites for hydroxylation is 1. The number of pyridine rings is 2. The van der Waals surface area contributed by atoms with E-state index in [0.717, 1.165) is 17.5 Å². The molecule has 13 heteroatoms. The average Bonchev–Trinajstić information content (AvgIpc) is 3.15. The molecule has 0 unspecified atom stereocenters. The molecular formula is C19H12ClF3N6O2S. The summed E-state index contributed by atoms with van der Waals surface area (Å²) in [6.45, 7) is 1.68. The molecular weight excluding hydrogens is 469 g/mol. The van der Waals surface area contributed by atoms with Gasteiger partial charge in [-0.05, 0) is 19.1 Å². The van der Waals surface area contributed by atoms with Crippen LogP contribution in [-0.4, -0.2) is 37.9 Å². The van der Waals surface area contributed by atoms with Crippen LogP contribution in [-0.2, 0) is 6.18 Å². The number of nitrogens with zero attached hydrogens (tertiary/aromatic N) is 5. The molecule has 0 aromatic carbocycles. The molecule has 0 bridgehead atoms. The number of nitrogens with two attached hydrogens (primary N) is 1. The van der Waals surface area contributed by atoms with Crippen LogP contribution in [0.2, 0.25) is 5.15 Å². The summed E-state index contributed by atoms with van der Waals surface area (Å²) in [5.41, 5.74) is 7.20. The zero-order chi connectivity index (χ0) is 23.2. The van der Waals surface area contributed by atoms with E-state index in [9.17, 15) is 18.0 Å². The first-order valence-corrected chi connectivity index (χ1v) is 10.0. The van der Waals surface area contributed by atoms with Crippen molar-refractivity contribution in [3.63, 3.8) is 0 Å². The number of methoxy groups -OCH3 is 1. The Morgan fingerprint density at radius 3 is 2.53 bits per heavy atom. The Bertz CT molecular complexity index is 1380. The van der Waals surface area contributed by atoms with E-state index in [1.54, 1.807) is 13.0 Å². The number of thiazole rings is 1. The molecule has 0 radical (unpaired) electrons. The van der Waals surface area contributed by atoms with Crippen LogP contribution in [0.1, 0.15) is 21.9 Å². The maximum atomic E-state index is 13.0. The monoisotopic (exact) mass is 480 g/mol. The number of carbonyl (C=O) groups is 1. The summed E-state index contributed by atoms with van der Waals surface area (Å²) in [6.07, 6.45) is -2.34. The van der Waals surface area contributed by atoms with Crippen molar-refractivity contribution in [1.29, 1.82) is 0 Å². The normalized spacial score (nSPS) is 11.7. The molecule has 4 aromatic heterocycles. The first-order valence-electron chi connectivity index (χ1n) is 8.81. The quantitative estimate of drug-likeness (QED) is 0.433. The molecule has 0 saturated carbocycles. The molecule has 0 spiro atoms. The lowest BCUT2D eigenvalue weighted by Gasteiger charge is -2.14. The third kappa shape index (κ3) is 3.94. The number of primary amides is 1. The van der Waals surface area contributed by atoms with E-state index >= 15 is 0 Å². The lowest BCUT2D eigenvalue weighted by Crippen LogP contribution is -2.15. The number of amides is 1. The molecule has 4 heterocycles. The highest BCUT2D eigenvalue weighted by molar-refractivity contribution is 7.21. The third-order valence-electron chi connectivity index (χ3n) is 4.35. The van der Waals surface area contributed by atoms with E-state index < -0.39 is 17.9 Å². The van der Waals surface area contributed by atoms with Crippen LogP contribution in [0, 0.1) is 6.92 Å². The smallest absolute Gasteiger partial charge is 0.451 e. The number of fused-ring (bicyclic) bond motifs is 1. The zero-order valence-electron chi connectivity index (χ0n) is 16.4. The fraction of sp³-hybridized carbons (Fsp3) is 0.158. The second-order valence-corrected chi connectivity index (χ2v) is 7.87. The van der Waals surface area contributed by atoms with Gasteiger partial charge in [0.1, 0.15) is 32.0 Å². The van der Waals surface area contributed by atoms with Crippen LogP contribution in [0.4, 0.5) is 13.2 Å². The van der Waals surface area contributed by atoms with Gasteiger partial charge in [0.05, 0.1) is 25.1 Å². The Morgan fingerprint density at radius 2 is 1.88 bits per heavy atom. The van der Waals surface area contributed by atoms with Gasteiger partial charge in [0, 0.05) is 16.8 Å². The first-order chi connectivity index (χ1) is 15.1. The van der Waals surface area contributed by atoms with Crippen LogP contribution in [0.15, 0.2) is 24.5 Å². The molecule has 2 N–H and O–H groups in total. The maximum Gasteiger partial charge on any atom is 0.451 e. The fourth-order valence-electron chi connectivity index (χ4n) is 3.05. The number of aromatic nitrogens is 5. The van der Waals surface area contributed by atoms with Gasteiger partial charge < -0.3 is 10.5 Å². The summed E-state index contributed by atoms with van der Waals surface area (Å²) in [6, 6.07) is 3.12. The van der Waals surface area contributed by atoms with Gasteiger partial charge in [-0.25, -0.2) is 24.9 Å². The standard InChI is InChI=1S/C19H12ClF3N6O2S/c1-7-3-9(8-4-12(20)25-6-11(8)31-2)13(15(24)30)14(27-7)17-28-10-5-26-18(19(21,22)23)29-16(10)32-17/h3-6H,1-2H3,(H2,24,30). The molecule has 1 amide bonds. The number of hydrogen-bond donors (Lipinski definition) is 1. The summed E-state index contributed by atoms with van der Waals surface area (Å²) in [4.78, 5) is 31.9. The first kappa shape index (κ1) is 21.8. The number of hydrogen-bond acceptors (Lipinski definition) is 8. The Morgan fingerprint density at radius 1 is 1.12 bits per heavy atom. The largest absolute Gasteiger partial charge is 0.494 e. The fourth-order valence-corrected chi connectivity index (χ4v) is 4.12. The number of alkyl halides is 3. The Kier molecular flexibility index (Phi) is 5.42. The predicted octanol–water partition coefficient (Wildman–Crippen LogP) is 4.30. The highest BCUT2D eigenvalue weighted by atomic mass is 35.5. The van der Waals surface area contributed by atoms with Gasteiger partial charge in [-0.15, -0.1) is 0 Å². The Balaban J connectivity index is 1.98. The molecule has 4 rings (SSSR count). The van der Waals surface area contributed by atoms with Crippen molar-refractivity contribution in [2.24, 2.45) is 5.73 Å². The minimum absolute atomic E-state index is 0.000716. The average molecular weight is 481 g/mol. The summed E-state index contributed by atoms with van der Waals surface area (Å²) >= 11 is 6.88. The van der Waals surface area contributed by atoms with Crippen molar-refractivity contribution in [3.05, 3.63) is 46.8 Å². The van der Waals surface area contributed by atoms with Gasteiger partial charge in [0.2, 0.25) is 5.82 Å². The topological polar surface area (TPSA) is 117 Å². The van der Waals surface area contributed by atoms with Gasteiger partial charge in [-0.3, -0.25) is 4.79 Å².